The summed E-state index contributed by atoms with van der Waals surface area (Å²) in [7, 11) is 0. The molecule has 0 saturated heterocycles. The first kappa shape index (κ1) is 17.6. The van der Waals surface area contributed by atoms with Crippen molar-refractivity contribution in [3.63, 3.8) is 0 Å². The number of nitro benzene ring substituents is 1. The van der Waals surface area contributed by atoms with E-state index in [-0.39, 0.29) is 27.8 Å². The van der Waals surface area contributed by atoms with Crippen molar-refractivity contribution in [2.24, 2.45) is 0 Å². The van der Waals surface area contributed by atoms with Gasteiger partial charge in [-0.1, -0.05) is 11.6 Å². The van der Waals surface area contributed by atoms with Crippen LogP contribution in [0.2, 0.25) is 5.02 Å². The van der Waals surface area contributed by atoms with Crippen LogP contribution in [0.4, 0.5) is 14.5 Å². The first-order chi connectivity index (χ1) is 11.4. The van der Waals surface area contributed by atoms with E-state index in [0.29, 0.717) is 0 Å². The summed E-state index contributed by atoms with van der Waals surface area (Å²) in [6.45, 7) is -3.42. The molecule has 24 heavy (non-hydrogen) atoms. The largest absolute Gasteiger partial charge is 0.478 e. The Labute approximate surface area is 139 Å². The smallest absolute Gasteiger partial charge is 0.387 e. The molecular weight excluding hydrogens is 348 g/mol. The predicted octanol–water partition coefficient (Wildman–Crippen LogP) is 4.11. The summed E-state index contributed by atoms with van der Waals surface area (Å²) in [6, 6.07) is 8.80. The van der Waals surface area contributed by atoms with Gasteiger partial charge >= 0.3 is 12.3 Å². The number of hydrogen-bond acceptors (Lipinski definition) is 5. The van der Waals surface area contributed by atoms with Gasteiger partial charge in [0.1, 0.15) is 5.75 Å². The number of carbonyl (C=O) groups excluding carboxylic acids is 1. The molecule has 126 valence electrons. The van der Waals surface area contributed by atoms with Gasteiger partial charge in [0, 0.05) is 16.7 Å². The summed E-state index contributed by atoms with van der Waals surface area (Å²) in [5.41, 5.74) is -0.177. The summed E-state index contributed by atoms with van der Waals surface area (Å²) < 4.78 is 33.4. The van der Waals surface area contributed by atoms with Gasteiger partial charge in [-0.25, -0.2) is 0 Å². The quantitative estimate of drug-likeness (QED) is 0.423. The summed E-state index contributed by atoms with van der Waals surface area (Å²) in [6.07, 6.45) is 0. The Kier molecular flexibility index (Phi) is 5.64. The fourth-order valence-electron chi connectivity index (χ4n) is 1.80. The second-order valence-corrected chi connectivity index (χ2v) is 4.92. The molecule has 0 N–H and O–H groups in total. The van der Waals surface area contributed by atoms with E-state index in [2.05, 4.69) is 4.74 Å². The minimum absolute atomic E-state index is 0.0872. The van der Waals surface area contributed by atoms with E-state index in [1.54, 1.807) is 0 Å². The van der Waals surface area contributed by atoms with Crippen LogP contribution in [-0.2, 0) is 0 Å². The van der Waals surface area contributed by atoms with E-state index in [1.165, 1.54) is 36.4 Å². The van der Waals surface area contributed by atoms with Crippen molar-refractivity contribution in [3.05, 3.63) is 63.2 Å². The van der Waals surface area contributed by atoms with Crippen LogP contribution in [0.3, 0.4) is 0 Å². The molecule has 0 amide bonds. The lowest BCUT2D eigenvalue weighted by molar-refractivity contribution is -0.385. The molecule has 0 saturated carbocycles. The fraction of sp³-hybridized carbons (Fsp3) is 0.133. The number of hydrogen-bond donors (Lipinski definition) is 0. The number of halogens is 3. The molecule has 0 unspecified atom stereocenters. The Morgan fingerprint density at radius 1 is 1.21 bits per heavy atom. The number of ketones is 1. The SMILES string of the molecule is O=C(COc1ccc(Cl)cc1[N+](=O)[O-])c1ccc(OC(F)F)cc1. The Morgan fingerprint density at radius 3 is 2.46 bits per heavy atom. The number of ether oxygens (including phenoxy) is 2. The van der Waals surface area contributed by atoms with Gasteiger partial charge in [-0.3, -0.25) is 14.9 Å². The summed E-state index contributed by atoms with van der Waals surface area (Å²) in [4.78, 5) is 22.2. The van der Waals surface area contributed by atoms with Crippen molar-refractivity contribution in [3.8, 4) is 11.5 Å². The molecule has 0 heterocycles. The standard InChI is InChI=1S/C15H10ClF2NO5/c16-10-3-6-14(12(7-10)19(21)22)23-8-13(20)9-1-4-11(5-2-9)24-15(17)18/h1-7,15H,8H2. The van der Waals surface area contributed by atoms with Crippen LogP contribution in [-0.4, -0.2) is 23.9 Å². The van der Waals surface area contributed by atoms with Crippen LogP contribution < -0.4 is 9.47 Å². The third-order valence-electron chi connectivity index (χ3n) is 2.88. The van der Waals surface area contributed by atoms with Gasteiger partial charge < -0.3 is 9.47 Å². The minimum atomic E-state index is -2.96. The zero-order chi connectivity index (χ0) is 17.7. The number of nitro groups is 1. The maximum absolute atomic E-state index is 12.0. The van der Waals surface area contributed by atoms with Gasteiger partial charge in [0.2, 0.25) is 0 Å². The van der Waals surface area contributed by atoms with Crippen molar-refractivity contribution in [2.75, 3.05) is 6.61 Å². The van der Waals surface area contributed by atoms with E-state index in [1.807, 2.05) is 0 Å². The molecule has 0 aromatic heterocycles. The minimum Gasteiger partial charge on any atom is -0.478 e. The van der Waals surface area contributed by atoms with E-state index in [0.717, 1.165) is 6.07 Å². The first-order valence-corrected chi connectivity index (χ1v) is 6.89. The van der Waals surface area contributed by atoms with Crippen LogP contribution in [0, 0.1) is 10.1 Å². The number of nitrogens with zero attached hydrogens (tertiary/aromatic N) is 1. The van der Waals surface area contributed by atoms with Crippen molar-refractivity contribution in [2.45, 2.75) is 6.61 Å². The number of alkyl halides is 2. The average molecular weight is 358 g/mol. The summed E-state index contributed by atoms with van der Waals surface area (Å²) in [5.74, 6) is -0.672. The van der Waals surface area contributed by atoms with E-state index in [4.69, 9.17) is 16.3 Å². The molecule has 0 aliphatic heterocycles. The van der Waals surface area contributed by atoms with E-state index >= 15 is 0 Å². The summed E-state index contributed by atoms with van der Waals surface area (Å²) in [5, 5.41) is 11.1. The number of benzene rings is 2. The zero-order valence-corrected chi connectivity index (χ0v) is 12.7. The Balaban J connectivity index is 2.04. The molecule has 0 atom stereocenters. The normalized spacial score (nSPS) is 10.5. The third-order valence-corrected chi connectivity index (χ3v) is 3.11. The topological polar surface area (TPSA) is 78.7 Å². The van der Waals surface area contributed by atoms with Gasteiger partial charge in [0.05, 0.1) is 4.92 Å². The highest BCUT2D eigenvalue weighted by Crippen LogP contribution is 2.30. The molecule has 0 bridgehead atoms. The molecule has 6 nitrogen and oxygen atoms in total. The molecule has 0 spiro atoms. The van der Waals surface area contributed by atoms with Gasteiger partial charge in [0.25, 0.3) is 0 Å². The van der Waals surface area contributed by atoms with Crippen molar-refractivity contribution >= 4 is 23.1 Å². The molecule has 2 rings (SSSR count). The lowest BCUT2D eigenvalue weighted by Crippen LogP contribution is -2.12. The Bertz CT molecular complexity index is 752. The van der Waals surface area contributed by atoms with Gasteiger partial charge in [-0.05, 0) is 36.4 Å². The first-order valence-electron chi connectivity index (χ1n) is 6.51. The highest BCUT2D eigenvalue weighted by atomic mass is 35.5. The summed E-state index contributed by atoms with van der Waals surface area (Å²) >= 11 is 5.68. The molecule has 9 heteroatoms. The Morgan fingerprint density at radius 2 is 1.88 bits per heavy atom. The lowest BCUT2D eigenvalue weighted by atomic mass is 10.1. The lowest BCUT2D eigenvalue weighted by Gasteiger charge is -2.07. The second-order valence-electron chi connectivity index (χ2n) is 4.48. The number of carbonyl (C=O) groups is 1. The highest BCUT2D eigenvalue weighted by Gasteiger charge is 2.17. The molecule has 0 aliphatic rings. The number of rotatable bonds is 7. The van der Waals surface area contributed by atoms with Crippen molar-refractivity contribution in [1.82, 2.24) is 0 Å². The monoisotopic (exact) mass is 357 g/mol. The second kappa shape index (κ2) is 7.69. The van der Waals surface area contributed by atoms with Crippen LogP contribution in [0.15, 0.2) is 42.5 Å². The van der Waals surface area contributed by atoms with Crippen molar-refractivity contribution < 1.29 is 28.0 Å². The molecule has 0 radical (unpaired) electrons. The maximum Gasteiger partial charge on any atom is 0.387 e. The van der Waals surface area contributed by atoms with E-state index in [9.17, 15) is 23.7 Å². The molecule has 0 fully saturated rings. The maximum atomic E-state index is 12.0. The predicted molar refractivity (Wildman–Crippen MR) is 81.0 cm³/mol. The molecule has 0 aliphatic carbocycles. The fourth-order valence-corrected chi connectivity index (χ4v) is 1.97. The van der Waals surface area contributed by atoms with Gasteiger partial charge in [-0.2, -0.15) is 8.78 Å². The van der Waals surface area contributed by atoms with Crippen LogP contribution >= 0.6 is 11.6 Å². The highest BCUT2D eigenvalue weighted by molar-refractivity contribution is 6.30. The zero-order valence-electron chi connectivity index (χ0n) is 11.9. The van der Waals surface area contributed by atoms with Crippen molar-refractivity contribution in [1.29, 1.82) is 0 Å². The molecule has 2 aromatic rings. The third kappa shape index (κ3) is 4.63. The van der Waals surface area contributed by atoms with Gasteiger partial charge in [0.15, 0.2) is 18.1 Å². The number of Topliss-reactive ketones (excluding diaryl/α,β-unsaturated/α-hetero) is 1. The van der Waals surface area contributed by atoms with Crippen LogP contribution in [0.1, 0.15) is 10.4 Å². The van der Waals surface area contributed by atoms with Crippen LogP contribution in [0.25, 0.3) is 0 Å². The van der Waals surface area contributed by atoms with Crippen LogP contribution in [0.5, 0.6) is 11.5 Å². The molecular formula is C15H10ClF2NO5. The average Bonchev–Trinajstić information content (AvgIpc) is 2.53. The van der Waals surface area contributed by atoms with Gasteiger partial charge in [-0.15, -0.1) is 0 Å². The molecule has 2 aromatic carbocycles. The van der Waals surface area contributed by atoms with E-state index < -0.39 is 23.9 Å². The Hall–Kier alpha value is -2.74.